The predicted molar refractivity (Wildman–Crippen MR) is 81.2 cm³/mol. The van der Waals surface area contributed by atoms with E-state index in [-0.39, 0.29) is 11.9 Å². The zero-order valence-corrected chi connectivity index (χ0v) is 12.5. The molecule has 0 aliphatic heterocycles. The zero-order chi connectivity index (χ0) is 15.2. The number of nitriles is 1. The average molecular weight is 287 g/mol. The van der Waals surface area contributed by atoms with Gasteiger partial charge in [0.2, 0.25) is 5.91 Å². The number of benzene rings is 1. The van der Waals surface area contributed by atoms with E-state index < -0.39 is 0 Å². The molecule has 1 aromatic rings. The lowest BCUT2D eigenvalue weighted by molar-refractivity contribution is -0.122. The minimum absolute atomic E-state index is 0.00619. The molecule has 1 saturated carbocycles. The first-order chi connectivity index (χ1) is 10.1. The Labute approximate surface area is 125 Å². The summed E-state index contributed by atoms with van der Waals surface area (Å²) in [5, 5.41) is 15.1. The van der Waals surface area contributed by atoms with Crippen molar-refractivity contribution in [3.8, 4) is 11.8 Å². The normalized spacial score (nSPS) is 16.0. The fourth-order valence-corrected chi connectivity index (χ4v) is 2.58. The van der Waals surface area contributed by atoms with Crippen molar-refractivity contribution in [1.82, 2.24) is 5.32 Å². The second-order valence-corrected chi connectivity index (χ2v) is 5.38. The molecule has 5 heteroatoms. The molecule has 1 amide bonds. The molecule has 1 aliphatic carbocycles. The second kappa shape index (κ2) is 6.98. The quantitative estimate of drug-likeness (QED) is 0.872. The molecule has 0 heterocycles. The number of methoxy groups -OCH3 is 1. The van der Waals surface area contributed by atoms with E-state index in [0.29, 0.717) is 23.0 Å². The summed E-state index contributed by atoms with van der Waals surface area (Å²) in [5.74, 6) is 0.558. The van der Waals surface area contributed by atoms with E-state index in [4.69, 9.17) is 10.00 Å². The third-order valence-corrected chi connectivity index (χ3v) is 3.80. The number of carbonyl (C=O) groups excluding carboxylic acids is 1. The van der Waals surface area contributed by atoms with Gasteiger partial charge in [0.1, 0.15) is 11.8 Å². The third kappa shape index (κ3) is 3.88. The Balaban J connectivity index is 1.99. The van der Waals surface area contributed by atoms with Crippen LogP contribution in [0.3, 0.4) is 0 Å². The molecule has 1 atom stereocenters. The Morgan fingerprint density at radius 1 is 1.43 bits per heavy atom. The predicted octanol–water partition coefficient (Wildman–Crippen LogP) is 2.43. The number of nitrogens with one attached hydrogen (secondary N) is 2. The highest BCUT2D eigenvalue weighted by Gasteiger charge is 2.21. The molecule has 2 rings (SSSR count). The van der Waals surface area contributed by atoms with Gasteiger partial charge < -0.3 is 15.4 Å². The van der Waals surface area contributed by atoms with Crippen molar-refractivity contribution < 1.29 is 9.53 Å². The summed E-state index contributed by atoms with van der Waals surface area (Å²) in [6.45, 7) is 1.82. The first-order valence-corrected chi connectivity index (χ1v) is 7.29. The molecule has 1 unspecified atom stereocenters. The number of carbonyl (C=O) groups is 1. The number of anilines is 1. The summed E-state index contributed by atoms with van der Waals surface area (Å²) >= 11 is 0. The van der Waals surface area contributed by atoms with Crippen molar-refractivity contribution in [1.29, 1.82) is 5.26 Å². The number of amides is 1. The molecule has 2 N–H and O–H groups in total. The van der Waals surface area contributed by atoms with E-state index in [9.17, 15) is 4.79 Å². The van der Waals surface area contributed by atoms with Crippen molar-refractivity contribution in [3.63, 3.8) is 0 Å². The maximum Gasteiger partial charge on any atom is 0.242 e. The van der Waals surface area contributed by atoms with Crippen LogP contribution in [0.1, 0.15) is 38.2 Å². The Kier molecular flexibility index (Phi) is 5.04. The smallest absolute Gasteiger partial charge is 0.242 e. The van der Waals surface area contributed by atoms with Crippen molar-refractivity contribution >= 4 is 11.6 Å². The minimum Gasteiger partial charge on any atom is -0.495 e. The van der Waals surface area contributed by atoms with E-state index in [0.717, 1.165) is 12.8 Å². The molecule has 5 nitrogen and oxygen atoms in total. The van der Waals surface area contributed by atoms with Gasteiger partial charge in [-0.25, -0.2) is 0 Å². The fourth-order valence-electron chi connectivity index (χ4n) is 2.58. The first-order valence-electron chi connectivity index (χ1n) is 7.29. The van der Waals surface area contributed by atoms with Crippen LogP contribution in [0.25, 0.3) is 0 Å². The summed E-state index contributed by atoms with van der Waals surface area (Å²) in [7, 11) is 1.55. The minimum atomic E-state index is -0.354. The topological polar surface area (TPSA) is 74.1 Å². The Hall–Kier alpha value is -2.22. The standard InChI is InChI=1S/C16H21N3O2/c1-11(16(20)19-13-5-3-4-6-13)18-14-8-7-12(10-17)9-15(14)21-2/h7-9,11,13,18H,3-6H2,1-2H3,(H,19,20). The van der Waals surface area contributed by atoms with Gasteiger partial charge in [0, 0.05) is 12.1 Å². The molecule has 1 fully saturated rings. The van der Waals surface area contributed by atoms with Crippen molar-refractivity contribution in [2.45, 2.75) is 44.7 Å². The van der Waals surface area contributed by atoms with Crippen LogP contribution in [0.4, 0.5) is 5.69 Å². The lowest BCUT2D eigenvalue weighted by Gasteiger charge is -2.20. The number of hydrogen-bond donors (Lipinski definition) is 2. The summed E-state index contributed by atoms with van der Waals surface area (Å²) in [6.07, 6.45) is 4.52. The maximum absolute atomic E-state index is 12.2. The van der Waals surface area contributed by atoms with E-state index in [2.05, 4.69) is 16.7 Å². The molecule has 1 aromatic carbocycles. The van der Waals surface area contributed by atoms with Crippen LogP contribution in [0.5, 0.6) is 5.75 Å². The molecular weight excluding hydrogens is 266 g/mol. The van der Waals surface area contributed by atoms with Crippen LogP contribution in [0.15, 0.2) is 18.2 Å². The molecule has 1 aliphatic rings. The van der Waals surface area contributed by atoms with Gasteiger partial charge >= 0.3 is 0 Å². The maximum atomic E-state index is 12.2. The lowest BCUT2D eigenvalue weighted by atomic mass is 10.1. The Morgan fingerprint density at radius 3 is 2.76 bits per heavy atom. The van der Waals surface area contributed by atoms with Gasteiger partial charge in [0.15, 0.2) is 0 Å². The summed E-state index contributed by atoms with van der Waals surface area (Å²) in [4.78, 5) is 12.2. The van der Waals surface area contributed by atoms with Gasteiger partial charge in [-0.3, -0.25) is 4.79 Å². The number of hydrogen-bond acceptors (Lipinski definition) is 4. The molecule has 0 bridgehead atoms. The Bertz CT molecular complexity index is 545. The van der Waals surface area contributed by atoms with Crippen LogP contribution in [0.2, 0.25) is 0 Å². The van der Waals surface area contributed by atoms with E-state index in [1.54, 1.807) is 25.3 Å². The molecule has 0 aromatic heterocycles. The van der Waals surface area contributed by atoms with Crippen molar-refractivity contribution in [2.24, 2.45) is 0 Å². The SMILES string of the molecule is COc1cc(C#N)ccc1NC(C)C(=O)NC1CCCC1. The van der Waals surface area contributed by atoms with Gasteiger partial charge in [-0.05, 0) is 31.9 Å². The highest BCUT2D eigenvalue weighted by molar-refractivity contribution is 5.85. The monoisotopic (exact) mass is 287 g/mol. The number of nitrogens with zero attached hydrogens (tertiary/aromatic N) is 1. The second-order valence-electron chi connectivity index (χ2n) is 5.38. The first kappa shape index (κ1) is 15.2. The van der Waals surface area contributed by atoms with Crippen LogP contribution in [-0.4, -0.2) is 25.1 Å². The fraction of sp³-hybridized carbons (Fsp3) is 0.500. The van der Waals surface area contributed by atoms with Gasteiger partial charge in [-0.15, -0.1) is 0 Å². The number of ether oxygens (including phenoxy) is 1. The lowest BCUT2D eigenvalue weighted by Crippen LogP contribution is -2.42. The van der Waals surface area contributed by atoms with Gasteiger partial charge in [0.25, 0.3) is 0 Å². The zero-order valence-electron chi connectivity index (χ0n) is 12.5. The van der Waals surface area contributed by atoms with Crippen LogP contribution in [-0.2, 0) is 4.79 Å². The molecule has 112 valence electrons. The number of rotatable bonds is 5. The average Bonchev–Trinajstić information content (AvgIpc) is 3.00. The van der Waals surface area contributed by atoms with Gasteiger partial charge in [-0.1, -0.05) is 12.8 Å². The van der Waals surface area contributed by atoms with E-state index >= 15 is 0 Å². The highest BCUT2D eigenvalue weighted by Crippen LogP contribution is 2.26. The van der Waals surface area contributed by atoms with E-state index in [1.165, 1.54) is 12.8 Å². The third-order valence-electron chi connectivity index (χ3n) is 3.80. The summed E-state index contributed by atoms with van der Waals surface area (Å²) in [5.41, 5.74) is 1.24. The molecule has 0 spiro atoms. The van der Waals surface area contributed by atoms with Crippen LogP contribution >= 0.6 is 0 Å². The Morgan fingerprint density at radius 2 is 2.14 bits per heavy atom. The van der Waals surface area contributed by atoms with E-state index in [1.807, 2.05) is 6.92 Å². The largest absolute Gasteiger partial charge is 0.495 e. The van der Waals surface area contributed by atoms with Crippen molar-refractivity contribution in [3.05, 3.63) is 23.8 Å². The summed E-state index contributed by atoms with van der Waals surface area (Å²) in [6, 6.07) is 7.14. The molecule has 21 heavy (non-hydrogen) atoms. The molecule has 0 saturated heterocycles. The van der Waals surface area contributed by atoms with Crippen LogP contribution < -0.4 is 15.4 Å². The molecule has 0 radical (unpaired) electrons. The highest BCUT2D eigenvalue weighted by atomic mass is 16.5. The van der Waals surface area contributed by atoms with Crippen LogP contribution in [0, 0.1) is 11.3 Å². The molecular formula is C16H21N3O2. The summed E-state index contributed by atoms with van der Waals surface area (Å²) < 4.78 is 5.26. The van der Waals surface area contributed by atoms with Gasteiger partial charge in [-0.2, -0.15) is 5.26 Å². The van der Waals surface area contributed by atoms with Gasteiger partial charge in [0.05, 0.1) is 24.4 Å². The van der Waals surface area contributed by atoms with Crippen molar-refractivity contribution in [2.75, 3.05) is 12.4 Å².